The van der Waals surface area contributed by atoms with Crippen molar-refractivity contribution in [1.29, 1.82) is 0 Å². The lowest BCUT2D eigenvalue weighted by Crippen LogP contribution is -2.48. The monoisotopic (exact) mass is 284 g/mol. The molecule has 6 heteroatoms. The molecule has 0 spiro atoms. The second-order valence-corrected chi connectivity index (χ2v) is 4.59. The maximum Gasteiger partial charge on any atom is 0.250 e. The standard InChI is InChI=1S/C13H17ClN2O3/c14-10-1-3-11(4-2-10)18-8-6-16-13(17)12-9-15-5-7-19-12/h1-4,12,15H,5-9H2,(H,16,17). The topological polar surface area (TPSA) is 59.6 Å². The molecular weight excluding hydrogens is 268 g/mol. The molecular formula is C13H17ClN2O3. The number of hydrogen-bond acceptors (Lipinski definition) is 4. The number of rotatable bonds is 5. The molecule has 1 atom stereocenters. The lowest BCUT2D eigenvalue weighted by molar-refractivity contribution is -0.134. The summed E-state index contributed by atoms with van der Waals surface area (Å²) in [5.41, 5.74) is 0. The normalized spacial score (nSPS) is 18.9. The molecule has 1 aliphatic heterocycles. The molecule has 0 bridgehead atoms. The van der Waals surface area contributed by atoms with Crippen molar-refractivity contribution in [3.8, 4) is 5.75 Å². The lowest BCUT2D eigenvalue weighted by Gasteiger charge is -2.22. The first kappa shape index (κ1) is 14.1. The summed E-state index contributed by atoms with van der Waals surface area (Å²) in [6, 6.07) is 7.10. The third-order valence-electron chi connectivity index (χ3n) is 2.70. The molecule has 2 rings (SSSR count). The van der Waals surface area contributed by atoms with E-state index >= 15 is 0 Å². The first-order chi connectivity index (χ1) is 9.25. The van der Waals surface area contributed by atoms with E-state index in [1.54, 1.807) is 24.3 Å². The summed E-state index contributed by atoms with van der Waals surface area (Å²) in [5, 5.41) is 6.56. The minimum atomic E-state index is -0.399. The van der Waals surface area contributed by atoms with Gasteiger partial charge in [0.15, 0.2) is 0 Å². The van der Waals surface area contributed by atoms with Crippen molar-refractivity contribution in [2.75, 3.05) is 32.8 Å². The highest BCUT2D eigenvalue weighted by molar-refractivity contribution is 6.30. The fraction of sp³-hybridized carbons (Fsp3) is 0.462. The van der Waals surface area contributed by atoms with Crippen molar-refractivity contribution in [2.45, 2.75) is 6.10 Å². The Morgan fingerprint density at radius 3 is 2.95 bits per heavy atom. The van der Waals surface area contributed by atoms with Gasteiger partial charge in [-0.15, -0.1) is 0 Å². The maximum atomic E-state index is 11.7. The Balaban J connectivity index is 1.63. The lowest BCUT2D eigenvalue weighted by atomic mass is 10.3. The molecule has 19 heavy (non-hydrogen) atoms. The zero-order valence-electron chi connectivity index (χ0n) is 10.5. The van der Waals surface area contributed by atoms with E-state index in [0.29, 0.717) is 31.3 Å². The minimum absolute atomic E-state index is 0.105. The van der Waals surface area contributed by atoms with Crippen molar-refractivity contribution in [3.05, 3.63) is 29.3 Å². The van der Waals surface area contributed by atoms with E-state index in [1.165, 1.54) is 0 Å². The van der Waals surface area contributed by atoms with Crippen molar-refractivity contribution in [1.82, 2.24) is 10.6 Å². The minimum Gasteiger partial charge on any atom is -0.492 e. The average Bonchev–Trinajstić information content (AvgIpc) is 2.46. The number of carbonyl (C=O) groups is 1. The van der Waals surface area contributed by atoms with Gasteiger partial charge < -0.3 is 20.1 Å². The van der Waals surface area contributed by atoms with E-state index in [2.05, 4.69) is 10.6 Å². The third-order valence-corrected chi connectivity index (χ3v) is 2.96. The van der Waals surface area contributed by atoms with Crippen LogP contribution in [0.3, 0.4) is 0 Å². The highest BCUT2D eigenvalue weighted by Crippen LogP contribution is 2.15. The first-order valence-electron chi connectivity index (χ1n) is 6.24. The summed E-state index contributed by atoms with van der Waals surface area (Å²) in [6.45, 7) is 2.78. The van der Waals surface area contributed by atoms with Gasteiger partial charge in [-0.05, 0) is 24.3 Å². The molecule has 1 unspecified atom stereocenters. The van der Waals surface area contributed by atoms with E-state index < -0.39 is 6.10 Å². The molecule has 1 aromatic carbocycles. The summed E-state index contributed by atoms with van der Waals surface area (Å²) >= 11 is 5.77. The molecule has 1 fully saturated rings. The Hall–Kier alpha value is -1.30. The van der Waals surface area contributed by atoms with Crippen LogP contribution in [0.2, 0.25) is 5.02 Å². The molecule has 2 N–H and O–H groups in total. The van der Waals surface area contributed by atoms with E-state index in [9.17, 15) is 4.79 Å². The van der Waals surface area contributed by atoms with Gasteiger partial charge in [-0.1, -0.05) is 11.6 Å². The molecule has 5 nitrogen and oxygen atoms in total. The van der Waals surface area contributed by atoms with Crippen LogP contribution >= 0.6 is 11.6 Å². The maximum absolute atomic E-state index is 11.7. The molecule has 0 saturated carbocycles. The van der Waals surface area contributed by atoms with Crippen LogP contribution in [-0.4, -0.2) is 44.9 Å². The van der Waals surface area contributed by atoms with E-state index in [0.717, 1.165) is 12.3 Å². The number of hydrogen-bond donors (Lipinski definition) is 2. The number of morpholine rings is 1. The molecule has 1 amide bonds. The van der Waals surface area contributed by atoms with Crippen molar-refractivity contribution < 1.29 is 14.3 Å². The van der Waals surface area contributed by atoms with Gasteiger partial charge in [0, 0.05) is 18.1 Å². The predicted octanol–water partition coefficient (Wildman–Crippen LogP) is 0.823. The van der Waals surface area contributed by atoms with Crippen molar-refractivity contribution in [2.24, 2.45) is 0 Å². The Morgan fingerprint density at radius 2 is 2.26 bits per heavy atom. The molecule has 1 heterocycles. The Labute approximate surface area is 117 Å². The second-order valence-electron chi connectivity index (χ2n) is 4.16. The van der Waals surface area contributed by atoms with Gasteiger partial charge in [-0.25, -0.2) is 0 Å². The smallest absolute Gasteiger partial charge is 0.250 e. The molecule has 1 aliphatic rings. The van der Waals surface area contributed by atoms with Crippen LogP contribution in [-0.2, 0) is 9.53 Å². The van der Waals surface area contributed by atoms with Gasteiger partial charge in [0.2, 0.25) is 0 Å². The number of carbonyl (C=O) groups excluding carboxylic acids is 1. The van der Waals surface area contributed by atoms with Gasteiger partial charge in [-0.2, -0.15) is 0 Å². The molecule has 0 aliphatic carbocycles. The number of halogens is 1. The number of ether oxygens (including phenoxy) is 2. The zero-order valence-corrected chi connectivity index (χ0v) is 11.3. The van der Waals surface area contributed by atoms with Crippen molar-refractivity contribution in [3.63, 3.8) is 0 Å². The quantitative estimate of drug-likeness (QED) is 0.786. The predicted molar refractivity (Wildman–Crippen MR) is 72.6 cm³/mol. The summed E-state index contributed by atoms with van der Waals surface area (Å²) in [6.07, 6.45) is -0.399. The Kier molecular flexibility index (Phi) is 5.44. The van der Waals surface area contributed by atoms with E-state index in [1.807, 2.05) is 0 Å². The Morgan fingerprint density at radius 1 is 1.47 bits per heavy atom. The largest absolute Gasteiger partial charge is 0.492 e. The average molecular weight is 285 g/mol. The van der Waals surface area contributed by atoms with Crippen LogP contribution < -0.4 is 15.4 Å². The fourth-order valence-corrected chi connectivity index (χ4v) is 1.85. The van der Waals surface area contributed by atoms with Gasteiger partial charge in [0.1, 0.15) is 18.5 Å². The van der Waals surface area contributed by atoms with E-state index in [-0.39, 0.29) is 5.91 Å². The van der Waals surface area contributed by atoms with Crippen LogP contribution in [0.5, 0.6) is 5.75 Å². The van der Waals surface area contributed by atoms with Gasteiger partial charge in [-0.3, -0.25) is 4.79 Å². The highest BCUT2D eigenvalue weighted by Gasteiger charge is 2.20. The Bertz CT molecular complexity index is 405. The molecule has 0 aromatic heterocycles. The molecule has 1 aromatic rings. The van der Waals surface area contributed by atoms with Gasteiger partial charge in [0.25, 0.3) is 5.91 Å². The van der Waals surface area contributed by atoms with Crippen LogP contribution in [0.4, 0.5) is 0 Å². The number of benzene rings is 1. The second kappa shape index (κ2) is 7.33. The summed E-state index contributed by atoms with van der Waals surface area (Å²) in [4.78, 5) is 11.7. The van der Waals surface area contributed by atoms with E-state index in [4.69, 9.17) is 21.1 Å². The van der Waals surface area contributed by atoms with Crippen LogP contribution in [0.15, 0.2) is 24.3 Å². The molecule has 0 radical (unpaired) electrons. The first-order valence-corrected chi connectivity index (χ1v) is 6.62. The summed E-state index contributed by atoms with van der Waals surface area (Å²) in [7, 11) is 0. The van der Waals surface area contributed by atoms with Crippen LogP contribution in [0, 0.1) is 0 Å². The van der Waals surface area contributed by atoms with Crippen molar-refractivity contribution >= 4 is 17.5 Å². The van der Waals surface area contributed by atoms with Crippen LogP contribution in [0.25, 0.3) is 0 Å². The number of nitrogens with one attached hydrogen (secondary N) is 2. The fourth-order valence-electron chi connectivity index (χ4n) is 1.72. The van der Waals surface area contributed by atoms with Gasteiger partial charge >= 0.3 is 0 Å². The summed E-state index contributed by atoms with van der Waals surface area (Å²) in [5.74, 6) is 0.626. The molecule has 104 valence electrons. The number of amides is 1. The molecule has 1 saturated heterocycles. The zero-order chi connectivity index (χ0) is 13.5. The van der Waals surface area contributed by atoms with Crippen LogP contribution in [0.1, 0.15) is 0 Å². The summed E-state index contributed by atoms with van der Waals surface area (Å²) < 4.78 is 10.8. The third kappa shape index (κ3) is 4.70. The van der Waals surface area contributed by atoms with Gasteiger partial charge in [0.05, 0.1) is 13.2 Å². The highest BCUT2D eigenvalue weighted by atomic mass is 35.5. The SMILES string of the molecule is O=C(NCCOc1ccc(Cl)cc1)C1CNCCO1.